The summed E-state index contributed by atoms with van der Waals surface area (Å²) in [5.41, 5.74) is 1.71. The van der Waals surface area contributed by atoms with Gasteiger partial charge in [-0.05, 0) is 48.0 Å². The van der Waals surface area contributed by atoms with Crippen LogP contribution < -0.4 is 4.74 Å². The van der Waals surface area contributed by atoms with Crippen molar-refractivity contribution in [1.82, 2.24) is 8.87 Å². The SMILES string of the molecule is COc1ccc([C@@H]2c3cccn3CCN2S(=O)(=O)c2cccc(F)c2)cc1. The van der Waals surface area contributed by atoms with Crippen LogP contribution >= 0.6 is 0 Å². The van der Waals surface area contributed by atoms with E-state index in [0.29, 0.717) is 18.8 Å². The number of halogens is 1. The van der Waals surface area contributed by atoms with E-state index in [0.717, 1.165) is 17.3 Å². The van der Waals surface area contributed by atoms with E-state index in [2.05, 4.69) is 0 Å². The molecule has 0 aliphatic carbocycles. The number of nitrogens with zero attached hydrogens (tertiary/aromatic N) is 2. The van der Waals surface area contributed by atoms with Crippen molar-refractivity contribution in [1.29, 1.82) is 0 Å². The molecule has 0 N–H and O–H groups in total. The van der Waals surface area contributed by atoms with E-state index in [1.807, 2.05) is 47.2 Å². The Balaban J connectivity index is 1.83. The molecule has 0 fully saturated rings. The van der Waals surface area contributed by atoms with Crippen molar-refractivity contribution >= 4 is 10.0 Å². The Bertz CT molecular complexity index is 1060. The van der Waals surface area contributed by atoms with Gasteiger partial charge in [0.05, 0.1) is 18.0 Å². The van der Waals surface area contributed by atoms with Gasteiger partial charge in [-0.25, -0.2) is 12.8 Å². The number of methoxy groups -OCH3 is 1. The van der Waals surface area contributed by atoms with Crippen LogP contribution in [0.25, 0.3) is 0 Å². The lowest BCUT2D eigenvalue weighted by atomic mass is 10.0. The minimum atomic E-state index is -3.87. The molecule has 7 heteroatoms. The predicted octanol–water partition coefficient (Wildman–Crippen LogP) is 3.43. The van der Waals surface area contributed by atoms with Gasteiger partial charge < -0.3 is 9.30 Å². The smallest absolute Gasteiger partial charge is 0.244 e. The average molecular weight is 386 g/mol. The molecule has 0 saturated carbocycles. The zero-order valence-corrected chi connectivity index (χ0v) is 15.6. The van der Waals surface area contributed by atoms with Crippen LogP contribution in [0, 0.1) is 5.82 Å². The molecule has 4 rings (SSSR count). The molecule has 1 aliphatic heterocycles. The summed E-state index contributed by atoms with van der Waals surface area (Å²) in [4.78, 5) is -0.0407. The summed E-state index contributed by atoms with van der Waals surface area (Å²) in [6.07, 6.45) is 1.94. The first-order chi connectivity index (χ1) is 13.0. The average Bonchev–Trinajstić information content (AvgIpc) is 3.16. The van der Waals surface area contributed by atoms with Crippen LogP contribution in [0.2, 0.25) is 0 Å². The van der Waals surface area contributed by atoms with Crippen LogP contribution in [0.15, 0.2) is 71.8 Å². The molecular weight excluding hydrogens is 367 g/mol. The molecule has 140 valence electrons. The van der Waals surface area contributed by atoms with Gasteiger partial charge in [-0.3, -0.25) is 0 Å². The minimum absolute atomic E-state index is 0.0407. The number of hydrogen-bond donors (Lipinski definition) is 0. The minimum Gasteiger partial charge on any atom is -0.497 e. The fourth-order valence-electron chi connectivity index (χ4n) is 3.51. The Hall–Kier alpha value is -2.64. The zero-order chi connectivity index (χ0) is 19.0. The number of benzene rings is 2. The molecule has 0 amide bonds. The van der Waals surface area contributed by atoms with Crippen LogP contribution in [-0.2, 0) is 16.6 Å². The van der Waals surface area contributed by atoms with Crippen molar-refractivity contribution < 1.29 is 17.5 Å². The van der Waals surface area contributed by atoms with Crippen LogP contribution in [0.5, 0.6) is 5.75 Å². The van der Waals surface area contributed by atoms with Gasteiger partial charge in [0.1, 0.15) is 11.6 Å². The van der Waals surface area contributed by atoms with Crippen molar-refractivity contribution in [3.05, 3.63) is 83.9 Å². The van der Waals surface area contributed by atoms with E-state index in [9.17, 15) is 12.8 Å². The van der Waals surface area contributed by atoms with Crippen molar-refractivity contribution in [3.8, 4) is 5.75 Å². The third-order valence-electron chi connectivity index (χ3n) is 4.83. The standard InChI is InChI=1S/C20H19FN2O3S/c1-26-17-9-7-15(8-10-17)20-19-6-3-11-22(19)12-13-23(20)27(24,25)18-5-2-4-16(21)14-18/h2-11,14,20H,12-13H2,1H3/t20-/m1/s1. The second-order valence-electron chi connectivity index (χ2n) is 6.38. The van der Waals surface area contributed by atoms with E-state index in [4.69, 9.17) is 4.74 Å². The quantitative estimate of drug-likeness (QED) is 0.690. The van der Waals surface area contributed by atoms with E-state index < -0.39 is 21.9 Å². The first-order valence-electron chi connectivity index (χ1n) is 8.57. The highest BCUT2D eigenvalue weighted by Crippen LogP contribution is 2.37. The Morgan fingerprint density at radius 2 is 1.81 bits per heavy atom. The Labute approximate surface area is 157 Å². The Morgan fingerprint density at radius 3 is 2.52 bits per heavy atom. The third-order valence-corrected chi connectivity index (χ3v) is 6.69. The molecule has 2 aromatic carbocycles. The van der Waals surface area contributed by atoms with Crippen LogP contribution in [-0.4, -0.2) is 30.9 Å². The van der Waals surface area contributed by atoms with Gasteiger partial charge in [-0.2, -0.15) is 4.31 Å². The summed E-state index contributed by atoms with van der Waals surface area (Å²) in [5.74, 6) is 0.127. The Kier molecular flexibility index (Phi) is 4.49. The molecule has 0 spiro atoms. The number of ether oxygens (including phenoxy) is 1. The van der Waals surface area contributed by atoms with Crippen molar-refractivity contribution in [3.63, 3.8) is 0 Å². The number of aromatic nitrogens is 1. The summed E-state index contributed by atoms with van der Waals surface area (Å²) in [6, 6.07) is 15.8. The lowest BCUT2D eigenvalue weighted by molar-refractivity contribution is 0.298. The summed E-state index contributed by atoms with van der Waals surface area (Å²) in [7, 11) is -2.28. The second-order valence-corrected chi connectivity index (χ2v) is 8.27. The molecule has 1 aliphatic rings. The van der Waals surface area contributed by atoms with Gasteiger partial charge in [0.25, 0.3) is 0 Å². The van der Waals surface area contributed by atoms with Crippen LogP contribution in [0.3, 0.4) is 0 Å². The maximum atomic E-state index is 13.7. The molecule has 0 unspecified atom stereocenters. The number of fused-ring (bicyclic) bond motifs is 1. The summed E-state index contributed by atoms with van der Waals surface area (Å²) in [6.45, 7) is 0.848. The first-order valence-corrected chi connectivity index (χ1v) is 10.0. The molecule has 2 heterocycles. The van der Waals surface area contributed by atoms with Gasteiger partial charge in [0.15, 0.2) is 0 Å². The monoisotopic (exact) mass is 386 g/mol. The fraction of sp³-hybridized carbons (Fsp3) is 0.200. The lowest BCUT2D eigenvalue weighted by Gasteiger charge is -2.36. The van der Waals surface area contributed by atoms with Gasteiger partial charge in [0.2, 0.25) is 10.0 Å². The maximum Gasteiger partial charge on any atom is 0.244 e. The van der Waals surface area contributed by atoms with Crippen molar-refractivity contribution in [2.45, 2.75) is 17.5 Å². The highest BCUT2D eigenvalue weighted by Gasteiger charge is 2.37. The molecule has 1 aromatic heterocycles. The summed E-state index contributed by atoms with van der Waals surface area (Å²) >= 11 is 0. The highest BCUT2D eigenvalue weighted by molar-refractivity contribution is 7.89. The number of rotatable bonds is 4. The van der Waals surface area contributed by atoms with Gasteiger partial charge in [0, 0.05) is 25.0 Å². The zero-order valence-electron chi connectivity index (χ0n) is 14.7. The van der Waals surface area contributed by atoms with Crippen molar-refractivity contribution in [2.24, 2.45) is 0 Å². The summed E-state index contributed by atoms with van der Waals surface area (Å²) in [5, 5.41) is 0. The third kappa shape index (κ3) is 3.13. The molecule has 5 nitrogen and oxygen atoms in total. The predicted molar refractivity (Wildman–Crippen MR) is 99.6 cm³/mol. The maximum absolute atomic E-state index is 13.7. The van der Waals surface area contributed by atoms with Gasteiger partial charge in [-0.15, -0.1) is 0 Å². The number of sulfonamides is 1. The summed E-state index contributed by atoms with van der Waals surface area (Å²) < 4.78 is 49.0. The second kappa shape index (κ2) is 6.83. The van der Waals surface area contributed by atoms with Crippen LogP contribution in [0.4, 0.5) is 4.39 Å². The number of hydrogen-bond acceptors (Lipinski definition) is 3. The van der Waals surface area contributed by atoms with Crippen molar-refractivity contribution in [2.75, 3.05) is 13.7 Å². The molecule has 3 aromatic rings. The molecule has 0 radical (unpaired) electrons. The van der Waals surface area contributed by atoms with Crippen LogP contribution in [0.1, 0.15) is 17.3 Å². The highest BCUT2D eigenvalue weighted by atomic mass is 32.2. The lowest BCUT2D eigenvalue weighted by Crippen LogP contribution is -2.42. The van der Waals surface area contributed by atoms with Gasteiger partial charge in [-0.1, -0.05) is 18.2 Å². The fourth-order valence-corrected chi connectivity index (χ4v) is 5.12. The molecule has 1 atom stereocenters. The van der Waals surface area contributed by atoms with E-state index in [1.165, 1.54) is 22.5 Å². The van der Waals surface area contributed by atoms with E-state index >= 15 is 0 Å². The van der Waals surface area contributed by atoms with Gasteiger partial charge >= 0.3 is 0 Å². The molecular formula is C20H19FN2O3S. The molecule has 0 bridgehead atoms. The van der Waals surface area contributed by atoms with E-state index in [1.54, 1.807) is 7.11 Å². The first kappa shape index (κ1) is 17.8. The Morgan fingerprint density at radius 1 is 1.04 bits per heavy atom. The topological polar surface area (TPSA) is 51.5 Å². The van der Waals surface area contributed by atoms with E-state index in [-0.39, 0.29) is 4.90 Å². The molecule has 27 heavy (non-hydrogen) atoms. The molecule has 0 saturated heterocycles. The largest absolute Gasteiger partial charge is 0.497 e. The normalized spacial score (nSPS) is 17.5.